The Kier molecular flexibility index (Phi) is 8.78. The lowest BCUT2D eigenvalue weighted by Gasteiger charge is -2.46. The number of imidazole rings is 1. The summed E-state index contributed by atoms with van der Waals surface area (Å²) >= 11 is 0. The Labute approximate surface area is 241 Å². The lowest BCUT2D eigenvalue weighted by molar-refractivity contribution is -0.0564. The van der Waals surface area contributed by atoms with Crippen LogP contribution in [0.1, 0.15) is 75.1 Å². The van der Waals surface area contributed by atoms with Crippen molar-refractivity contribution in [1.29, 1.82) is 0 Å². The molecule has 3 aromatic rings. The number of fused-ring (bicyclic) bond motifs is 1. The zero-order valence-electron chi connectivity index (χ0n) is 25.0. The fraction of sp³-hybridized carbons (Fsp3) is 0.562. The Bertz CT molecular complexity index is 1390. The molecule has 0 bridgehead atoms. The van der Waals surface area contributed by atoms with Crippen LogP contribution in [-0.4, -0.2) is 76.3 Å². The molecule has 0 aliphatic carbocycles. The van der Waals surface area contributed by atoms with E-state index in [9.17, 15) is 9.18 Å². The minimum absolute atomic E-state index is 0.0643. The van der Waals surface area contributed by atoms with E-state index in [1.807, 2.05) is 33.0 Å². The van der Waals surface area contributed by atoms with Crippen LogP contribution in [0.3, 0.4) is 0 Å². The Morgan fingerprint density at radius 2 is 1.80 bits per heavy atom. The molecule has 5 rings (SSSR count). The predicted molar refractivity (Wildman–Crippen MR) is 155 cm³/mol. The van der Waals surface area contributed by atoms with Gasteiger partial charge in [-0.2, -0.15) is 4.39 Å². The number of amides is 1. The van der Waals surface area contributed by atoms with Gasteiger partial charge in [-0.3, -0.25) is 9.69 Å². The fourth-order valence-corrected chi connectivity index (χ4v) is 6.40. The Hall–Kier alpha value is -2.88. The average molecular weight is 569 g/mol. The van der Waals surface area contributed by atoms with Crippen molar-refractivity contribution in [1.82, 2.24) is 19.2 Å². The number of aryl methyl sites for hydroxylation is 1. The van der Waals surface area contributed by atoms with E-state index < -0.39 is 11.8 Å². The second-order valence-corrected chi connectivity index (χ2v) is 11.9. The molecule has 0 N–H and O–H groups in total. The van der Waals surface area contributed by atoms with Crippen LogP contribution in [0.15, 0.2) is 30.5 Å². The van der Waals surface area contributed by atoms with Gasteiger partial charge in [-0.1, -0.05) is 19.9 Å². The number of aromatic nitrogens is 2. The second-order valence-electron chi connectivity index (χ2n) is 11.9. The molecule has 1 amide bonds. The van der Waals surface area contributed by atoms with Crippen molar-refractivity contribution < 1.29 is 23.0 Å². The largest absolute Gasteiger partial charge is 0.350 e. The van der Waals surface area contributed by atoms with Gasteiger partial charge < -0.3 is 18.8 Å². The molecule has 41 heavy (non-hydrogen) atoms. The van der Waals surface area contributed by atoms with Crippen LogP contribution in [-0.2, 0) is 9.47 Å². The Morgan fingerprint density at radius 1 is 1.10 bits per heavy atom. The van der Waals surface area contributed by atoms with E-state index in [4.69, 9.17) is 9.47 Å². The van der Waals surface area contributed by atoms with Gasteiger partial charge in [-0.05, 0) is 75.8 Å². The zero-order valence-corrected chi connectivity index (χ0v) is 25.0. The van der Waals surface area contributed by atoms with Gasteiger partial charge >= 0.3 is 0 Å². The molecule has 2 saturated heterocycles. The number of rotatable bonds is 10. The minimum atomic E-state index is -0.602. The quantitative estimate of drug-likeness (QED) is 0.299. The molecule has 1 atom stereocenters. The molecule has 9 heteroatoms. The van der Waals surface area contributed by atoms with E-state index in [1.165, 1.54) is 12.1 Å². The van der Waals surface area contributed by atoms with Crippen molar-refractivity contribution >= 4 is 11.4 Å². The van der Waals surface area contributed by atoms with Crippen LogP contribution in [0.5, 0.6) is 0 Å². The summed E-state index contributed by atoms with van der Waals surface area (Å²) in [4.78, 5) is 21.9. The molecule has 0 saturated carbocycles. The summed E-state index contributed by atoms with van der Waals surface area (Å²) in [5, 5.41) is 0. The van der Waals surface area contributed by atoms with Crippen LogP contribution >= 0.6 is 0 Å². The molecule has 2 fully saturated rings. The van der Waals surface area contributed by atoms with Crippen molar-refractivity contribution in [3.8, 4) is 11.1 Å². The Morgan fingerprint density at radius 3 is 2.44 bits per heavy atom. The monoisotopic (exact) mass is 568 g/mol. The molecule has 7 nitrogen and oxygen atoms in total. The molecule has 2 aromatic heterocycles. The molecule has 222 valence electrons. The summed E-state index contributed by atoms with van der Waals surface area (Å²) in [7, 11) is 0. The van der Waals surface area contributed by atoms with Gasteiger partial charge in [0, 0.05) is 49.4 Å². The maximum atomic E-state index is 15.3. The van der Waals surface area contributed by atoms with Crippen molar-refractivity contribution in [2.75, 3.05) is 32.8 Å². The number of hydrogen-bond donors (Lipinski definition) is 0. The number of carbonyl (C=O) groups excluding carboxylic acids is 1. The molecule has 1 unspecified atom stereocenters. The summed E-state index contributed by atoms with van der Waals surface area (Å²) in [6.45, 7) is 15.6. The number of nitrogens with zero attached hydrogens (tertiary/aromatic N) is 4. The fourth-order valence-electron chi connectivity index (χ4n) is 6.40. The topological polar surface area (TPSA) is 59.3 Å². The van der Waals surface area contributed by atoms with E-state index in [2.05, 4.69) is 23.7 Å². The first-order valence-corrected chi connectivity index (χ1v) is 14.8. The van der Waals surface area contributed by atoms with Crippen LogP contribution < -0.4 is 0 Å². The highest BCUT2D eigenvalue weighted by atomic mass is 19.1. The summed E-state index contributed by atoms with van der Waals surface area (Å²) in [6, 6.07) is 6.51. The molecular weight excluding hydrogens is 526 g/mol. The first-order chi connectivity index (χ1) is 19.6. The minimum Gasteiger partial charge on any atom is -0.350 e. The average Bonchev–Trinajstić information content (AvgIpc) is 3.52. The van der Waals surface area contributed by atoms with Crippen LogP contribution in [0.25, 0.3) is 16.6 Å². The van der Waals surface area contributed by atoms with E-state index in [0.29, 0.717) is 54.2 Å². The SMILES string of the molecule is CCN(C(=O)c1cc(F)ccc1-c1cc(C2CN(C(CCC3OCCO3)C(C)C)C2)cn2c(C)nc(F)c12)C(C)C. The zero-order chi connectivity index (χ0) is 29.4. The molecule has 0 spiro atoms. The Balaban J connectivity index is 1.48. The summed E-state index contributed by atoms with van der Waals surface area (Å²) in [5.74, 6) is -0.129. The van der Waals surface area contributed by atoms with Crippen LogP contribution in [0, 0.1) is 24.6 Å². The number of pyridine rings is 1. The maximum Gasteiger partial charge on any atom is 0.254 e. The van der Waals surface area contributed by atoms with Gasteiger partial charge in [0.25, 0.3) is 5.91 Å². The van der Waals surface area contributed by atoms with E-state index in [0.717, 1.165) is 31.5 Å². The second kappa shape index (κ2) is 12.2. The van der Waals surface area contributed by atoms with Crippen molar-refractivity contribution in [2.24, 2.45) is 5.92 Å². The summed E-state index contributed by atoms with van der Waals surface area (Å²) in [5.41, 5.74) is 2.64. The van der Waals surface area contributed by atoms with Gasteiger partial charge in [-0.15, -0.1) is 0 Å². The van der Waals surface area contributed by atoms with Gasteiger partial charge in [0.2, 0.25) is 5.95 Å². The van der Waals surface area contributed by atoms with Crippen molar-refractivity contribution in [3.05, 3.63) is 59.2 Å². The van der Waals surface area contributed by atoms with Gasteiger partial charge in [0.1, 0.15) is 17.2 Å². The number of halogens is 2. The highest BCUT2D eigenvalue weighted by Gasteiger charge is 2.36. The predicted octanol–water partition coefficient (Wildman–Crippen LogP) is 6.04. The lowest BCUT2D eigenvalue weighted by Crippen LogP contribution is -2.52. The number of benzene rings is 1. The highest BCUT2D eigenvalue weighted by molar-refractivity contribution is 6.03. The summed E-state index contributed by atoms with van der Waals surface area (Å²) < 4.78 is 42.9. The van der Waals surface area contributed by atoms with E-state index in [1.54, 1.807) is 22.3 Å². The molecule has 2 aliphatic heterocycles. The molecule has 4 heterocycles. The van der Waals surface area contributed by atoms with Crippen molar-refractivity contribution in [3.63, 3.8) is 0 Å². The normalized spacial score (nSPS) is 17.6. The third-order valence-electron chi connectivity index (χ3n) is 8.63. The number of likely N-dealkylation sites (tertiary alicyclic amines) is 1. The lowest BCUT2D eigenvalue weighted by atomic mass is 9.85. The number of ether oxygens (including phenoxy) is 2. The third-order valence-corrected chi connectivity index (χ3v) is 8.63. The van der Waals surface area contributed by atoms with Gasteiger partial charge in [0.15, 0.2) is 6.29 Å². The number of hydrogen-bond acceptors (Lipinski definition) is 5. The first kappa shape index (κ1) is 29.6. The standard InChI is InChI=1S/C32H42F2N4O3/c1-7-37(20(4)5)32(39)27-15-24(33)8-9-25(27)26-14-22(18-38-21(6)35-31(34)30(26)38)23-16-36(17-23)28(19(2)3)10-11-29-40-12-13-41-29/h8-9,14-15,18-20,23,28-29H,7,10-13,16-17H2,1-6H3. The van der Waals surface area contributed by atoms with E-state index in [-0.39, 0.29) is 29.7 Å². The molecule has 2 aliphatic rings. The first-order valence-electron chi connectivity index (χ1n) is 14.8. The summed E-state index contributed by atoms with van der Waals surface area (Å²) in [6.07, 6.45) is 3.73. The molecular formula is C32H42F2N4O3. The number of carbonyl (C=O) groups is 1. The van der Waals surface area contributed by atoms with E-state index >= 15 is 4.39 Å². The highest BCUT2D eigenvalue weighted by Crippen LogP contribution is 2.38. The van der Waals surface area contributed by atoms with Crippen molar-refractivity contribution in [2.45, 2.75) is 78.7 Å². The molecule has 1 aromatic carbocycles. The van der Waals surface area contributed by atoms with Crippen LogP contribution in [0.2, 0.25) is 0 Å². The smallest absolute Gasteiger partial charge is 0.254 e. The van der Waals surface area contributed by atoms with Crippen LogP contribution in [0.4, 0.5) is 8.78 Å². The van der Waals surface area contributed by atoms with Gasteiger partial charge in [0.05, 0.1) is 18.8 Å². The maximum absolute atomic E-state index is 15.3. The molecule has 0 radical (unpaired) electrons. The third kappa shape index (κ3) is 5.90. The van der Waals surface area contributed by atoms with Gasteiger partial charge in [-0.25, -0.2) is 9.37 Å².